The fourth-order valence-corrected chi connectivity index (χ4v) is 7.17. The predicted octanol–water partition coefficient (Wildman–Crippen LogP) is 3.91. The van der Waals surface area contributed by atoms with Crippen molar-refractivity contribution in [3.8, 4) is 0 Å². The van der Waals surface area contributed by atoms with Gasteiger partial charge in [0.2, 0.25) is 12.3 Å². The number of aromatic nitrogens is 1. The van der Waals surface area contributed by atoms with Gasteiger partial charge in [0.15, 0.2) is 13.8 Å². The Morgan fingerprint density at radius 1 is 1.17 bits per heavy atom. The number of fused-ring (bicyclic) bond motifs is 2. The lowest BCUT2D eigenvalue weighted by molar-refractivity contribution is -0.133. The zero-order valence-corrected chi connectivity index (χ0v) is 25.5. The van der Waals surface area contributed by atoms with Crippen molar-refractivity contribution in [3.63, 3.8) is 0 Å². The number of rotatable bonds is 5. The summed E-state index contributed by atoms with van der Waals surface area (Å²) in [4.78, 5) is 69.3. The molecular weight excluding hydrogens is 575 g/mol. The van der Waals surface area contributed by atoms with Crippen LogP contribution in [0.2, 0.25) is 0 Å². The van der Waals surface area contributed by atoms with Crippen LogP contribution in [0.15, 0.2) is 47.5 Å². The third-order valence-electron chi connectivity index (χ3n) is 7.96. The highest BCUT2D eigenvalue weighted by Crippen LogP contribution is 2.33. The number of carbonyl (C=O) groups excluding carboxylic acids is 3. The van der Waals surface area contributed by atoms with Gasteiger partial charge in [-0.05, 0) is 60.7 Å². The maximum absolute atomic E-state index is 11.7. The van der Waals surface area contributed by atoms with Crippen molar-refractivity contribution in [2.45, 2.75) is 63.6 Å². The number of amides is 3. The number of nitrogens with two attached hydrogens (primary N) is 1. The molecule has 3 aliphatic rings. The molecule has 3 amide bonds. The van der Waals surface area contributed by atoms with Gasteiger partial charge in [-0.15, -0.1) is 11.3 Å². The number of pyridine rings is 1. The Kier molecular flexibility index (Phi) is 11.3. The fraction of sp³-hybridized carbons (Fsp3) is 0.467. The molecule has 3 aliphatic heterocycles. The number of thiophene rings is 1. The van der Waals surface area contributed by atoms with Crippen LogP contribution in [0.3, 0.4) is 0 Å². The minimum atomic E-state index is -1.93. The van der Waals surface area contributed by atoms with Crippen LogP contribution in [-0.2, 0) is 15.8 Å². The number of hydrogen-bond acceptors (Lipinski definition) is 7. The van der Waals surface area contributed by atoms with Gasteiger partial charge in [0.05, 0.1) is 4.88 Å². The van der Waals surface area contributed by atoms with Gasteiger partial charge in [0.1, 0.15) is 0 Å². The first kappa shape index (κ1) is 31.8. The zero-order valence-electron chi connectivity index (χ0n) is 23.8. The monoisotopic (exact) mass is 614 g/mol. The highest BCUT2D eigenvalue weighted by molar-refractivity contribution is 7.44. The molecule has 6 rings (SSSR count). The van der Waals surface area contributed by atoms with Crippen molar-refractivity contribution in [3.05, 3.63) is 69.0 Å². The Hall–Kier alpha value is -3.11. The summed E-state index contributed by atoms with van der Waals surface area (Å²) in [5, 5.41) is 0.910. The lowest BCUT2D eigenvalue weighted by atomic mass is 9.93. The quantitative estimate of drug-likeness (QED) is 0.252. The third-order valence-corrected chi connectivity index (χ3v) is 9.74. The number of primary amides is 1. The first-order chi connectivity index (χ1) is 20.1. The van der Waals surface area contributed by atoms with Crippen LogP contribution in [-0.4, -0.2) is 68.5 Å². The lowest BCUT2D eigenvalue weighted by Gasteiger charge is -2.35. The number of carbonyl (C=O) groups is 3. The second-order valence-corrected chi connectivity index (χ2v) is 13.4. The largest absolute Gasteiger partial charge is 0.367 e. The number of aromatic amines is 1. The Morgan fingerprint density at radius 2 is 1.95 bits per heavy atom. The van der Waals surface area contributed by atoms with E-state index >= 15 is 0 Å². The van der Waals surface area contributed by atoms with Crippen molar-refractivity contribution in [2.75, 3.05) is 19.6 Å². The van der Waals surface area contributed by atoms with Crippen molar-refractivity contribution in [1.29, 1.82) is 0 Å². The third kappa shape index (κ3) is 8.47. The van der Waals surface area contributed by atoms with Gasteiger partial charge in [-0.25, -0.2) is 0 Å². The van der Waals surface area contributed by atoms with Crippen LogP contribution in [0.1, 0.15) is 72.2 Å². The van der Waals surface area contributed by atoms with Crippen LogP contribution in [0.25, 0.3) is 10.1 Å². The van der Waals surface area contributed by atoms with Gasteiger partial charge in [0, 0.05) is 72.9 Å². The van der Waals surface area contributed by atoms with Crippen molar-refractivity contribution in [2.24, 2.45) is 11.7 Å². The minimum Gasteiger partial charge on any atom is -0.367 e. The molecule has 0 radical (unpaired) electrons. The van der Waals surface area contributed by atoms with Crippen LogP contribution in [0.4, 0.5) is 0 Å². The molecule has 3 fully saturated rings. The molecule has 0 unspecified atom stereocenters. The maximum atomic E-state index is 11.7. The minimum absolute atomic E-state index is 0.0503. The van der Waals surface area contributed by atoms with Gasteiger partial charge >= 0.3 is 0 Å². The summed E-state index contributed by atoms with van der Waals surface area (Å²) in [5.74, 6) is 1.01. The van der Waals surface area contributed by atoms with Crippen LogP contribution < -0.4 is 11.2 Å². The highest BCUT2D eigenvalue weighted by Gasteiger charge is 2.31. The highest BCUT2D eigenvalue weighted by atomic mass is 32.1. The molecule has 2 atom stereocenters. The maximum Gasteiger partial charge on any atom is 0.258 e. The molecule has 12 heteroatoms. The van der Waals surface area contributed by atoms with Gasteiger partial charge in [-0.2, -0.15) is 0 Å². The molecule has 226 valence electrons. The molecular formula is C30H39N4O6PS. The van der Waals surface area contributed by atoms with E-state index in [9.17, 15) is 19.2 Å². The Balaban J connectivity index is 0.000000146. The normalized spacial score (nSPS) is 20.4. The predicted molar refractivity (Wildman–Crippen MR) is 165 cm³/mol. The summed E-state index contributed by atoms with van der Waals surface area (Å²) >= 11 is 1.34. The van der Waals surface area contributed by atoms with E-state index in [0.717, 1.165) is 52.9 Å². The summed E-state index contributed by atoms with van der Waals surface area (Å²) in [5.41, 5.74) is 6.86. The second-order valence-electron chi connectivity index (χ2n) is 11.2. The van der Waals surface area contributed by atoms with E-state index in [1.165, 1.54) is 43.1 Å². The lowest BCUT2D eigenvalue weighted by Crippen LogP contribution is -2.45. The van der Waals surface area contributed by atoms with Crippen molar-refractivity contribution < 1.29 is 24.2 Å². The summed E-state index contributed by atoms with van der Waals surface area (Å²) in [6.45, 7) is 4.68. The number of nitrogens with one attached hydrogen (secondary N) is 1. The smallest absolute Gasteiger partial charge is 0.258 e. The summed E-state index contributed by atoms with van der Waals surface area (Å²) in [6.07, 6.45) is 11.2. The van der Waals surface area contributed by atoms with Crippen molar-refractivity contribution >= 4 is 48.0 Å². The van der Waals surface area contributed by atoms with E-state index in [0.29, 0.717) is 29.9 Å². The zero-order chi connectivity index (χ0) is 30.2. The Bertz CT molecular complexity index is 1440. The van der Waals surface area contributed by atoms with Gasteiger partial charge in [-0.3, -0.25) is 19.2 Å². The molecule has 3 saturated heterocycles. The molecule has 42 heavy (non-hydrogen) atoms. The molecule has 0 spiro atoms. The van der Waals surface area contributed by atoms with E-state index in [4.69, 9.17) is 15.5 Å². The number of benzene rings is 1. The number of likely N-dealkylation sites (tertiary alicyclic amines) is 1. The topological polar surface area (TPSA) is 157 Å². The molecule has 5 N–H and O–H groups in total. The van der Waals surface area contributed by atoms with E-state index in [2.05, 4.69) is 16.8 Å². The van der Waals surface area contributed by atoms with Crippen LogP contribution in [0.5, 0.6) is 0 Å². The summed E-state index contributed by atoms with van der Waals surface area (Å²) in [6, 6.07) is 9.36. The SMILES string of the molecule is C[C@@H]1CCCC(=O)N2CCC[C@@H]2C1.NC(=O)c1cc2cc(CP(O)O)ccc2s1.O=CN1CC(c2c[nH]ccc2=O)C1. The number of hydrogen-bond donors (Lipinski definition) is 4. The number of nitrogens with zero attached hydrogens (tertiary/aromatic N) is 2. The molecule has 0 bridgehead atoms. The van der Waals surface area contributed by atoms with Crippen LogP contribution >= 0.6 is 19.7 Å². The summed E-state index contributed by atoms with van der Waals surface area (Å²) < 4.78 is 0.970. The van der Waals surface area contributed by atoms with E-state index in [1.54, 1.807) is 23.4 Å². The number of H-pyrrole nitrogens is 1. The van der Waals surface area contributed by atoms with Crippen molar-refractivity contribution in [1.82, 2.24) is 14.8 Å². The Morgan fingerprint density at radius 3 is 2.64 bits per heavy atom. The average molecular weight is 615 g/mol. The van der Waals surface area contributed by atoms with Gasteiger partial charge < -0.3 is 30.3 Å². The molecule has 1 aromatic carbocycles. The molecule has 5 heterocycles. The first-order valence-electron chi connectivity index (χ1n) is 14.3. The van der Waals surface area contributed by atoms with E-state index < -0.39 is 14.3 Å². The van der Waals surface area contributed by atoms with Gasteiger partial charge in [0.25, 0.3) is 5.91 Å². The first-order valence-corrected chi connectivity index (χ1v) is 16.5. The molecule has 3 aromatic rings. The summed E-state index contributed by atoms with van der Waals surface area (Å²) in [7, 11) is -1.93. The Labute approximate surface area is 250 Å². The fourth-order valence-electron chi connectivity index (χ4n) is 5.76. The molecule has 0 aliphatic carbocycles. The molecule has 2 aromatic heterocycles. The second kappa shape index (κ2) is 14.9. The van der Waals surface area contributed by atoms with Gasteiger partial charge in [-0.1, -0.05) is 19.4 Å². The standard InChI is InChI=1S/C11H19NO.C10H10NO3PS.C9H10N2O2/c1-9-4-2-6-11(13)12-7-3-5-10(12)8-9;11-10(12)9-4-7-3-6(5-15(13)14)1-2-8(7)16-9;12-6-11-4-7(5-11)8-3-10-2-1-9(8)13/h9-10H,2-8H2,1H3;1-4,13-14H,5H2,(H2,11,12);1-3,6-7H,4-5H2,(H,10,13)/t9-,10-;;/m1../s1. The molecule has 0 saturated carbocycles. The van der Waals surface area contributed by atoms with E-state index in [1.807, 2.05) is 18.2 Å². The van der Waals surface area contributed by atoms with Crippen LogP contribution in [0, 0.1) is 5.92 Å². The van der Waals surface area contributed by atoms with E-state index in [-0.39, 0.29) is 17.5 Å². The average Bonchev–Trinajstić information content (AvgIpc) is 3.55. The molecule has 10 nitrogen and oxygen atoms in total.